The molecule has 2 aromatic carbocycles. The lowest BCUT2D eigenvalue weighted by molar-refractivity contribution is 0.0699. The molecule has 0 aliphatic carbocycles. The molecule has 1 heterocycles. The number of hydrogen-bond donors (Lipinski definition) is 1. The first kappa shape index (κ1) is 14.1. The molecular formula is C16H10BrNO2S. The van der Waals surface area contributed by atoms with Crippen molar-refractivity contribution in [3.63, 3.8) is 0 Å². The molecule has 0 unspecified atom stereocenters. The number of aromatic carboxylic acids is 1. The van der Waals surface area contributed by atoms with Gasteiger partial charge >= 0.3 is 5.97 Å². The van der Waals surface area contributed by atoms with Crippen molar-refractivity contribution in [2.45, 2.75) is 9.92 Å². The highest BCUT2D eigenvalue weighted by Crippen LogP contribution is 2.30. The summed E-state index contributed by atoms with van der Waals surface area (Å²) >= 11 is 4.98. The number of pyridine rings is 1. The Balaban J connectivity index is 2.00. The van der Waals surface area contributed by atoms with E-state index in [0.717, 1.165) is 14.4 Å². The van der Waals surface area contributed by atoms with E-state index in [0.29, 0.717) is 10.9 Å². The Morgan fingerprint density at radius 1 is 1.10 bits per heavy atom. The average molecular weight is 360 g/mol. The Kier molecular flexibility index (Phi) is 3.94. The highest BCUT2D eigenvalue weighted by molar-refractivity contribution is 9.10. The molecule has 3 aromatic rings. The zero-order chi connectivity index (χ0) is 14.8. The van der Waals surface area contributed by atoms with Gasteiger partial charge in [-0.3, -0.25) is 0 Å². The zero-order valence-corrected chi connectivity index (χ0v) is 13.2. The van der Waals surface area contributed by atoms with E-state index in [1.165, 1.54) is 0 Å². The molecule has 104 valence electrons. The smallest absolute Gasteiger partial charge is 0.336 e. The Hall–Kier alpha value is -1.85. The molecule has 3 rings (SSSR count). The molecule has 21 heavy (non-hydrogen) atoms. The molecule has 0 atom stereocenters. The van der Waals surface area contributed by atoms with Crippen LogP contribution in [0.1, 0.15) is 10.4 Å². The first-order valence-corrected chi connectivity index (χ1v) is 7.81. The molecule has 0 spiro atoms. The van der Waals surface area contributed by atoms with Crippen LogP contribution in [-0.2, 0) is 0 Å². The fourth-order valence-electron chi connectivity index (χ4n) is 2.03. The van der Waals surface area contributed by atoms with Crippen molar-refractivity contribution in [1.29, 1.82) is 0 Å². The summed E-state index contributed by atoms with van der Waals surface area (Å²) in [5.74, 6) is -0.935. The SMILES string of the molecule is O=C(O)c1cccc2nc(Sc3cccc(Br)c3)ccc12. The summed E-state index contributed by atoms with van der Waals surface area (Å²) in [6.07, 6.45) is 0. The van der Waals surface area contributed by atoms with Gasteiger partial charge in [0.2, 0.25) is 0 Å². The lowest BCUT2D eigenvalue weighted by atomic mass is 10.1. The maximum absolute atomic E-state index is 11.2. The van der Waals surface area contributed by atoms with Gasteiger partial charge in [-0.05, 0) is 42.5 Å². The van der Waals surface area contributed by atoms with Crippen LogP contribution in [0.2, 0.25) is 0 Å². The van der Waals surface area contributed by atoms with Crippen LogP contribution in [0.25, 0.3) is 10.9 Å². The Bertz CT molecular complexity index is 835. The van der Waals surface area contributed by atoms with Crippen molar-refractivity contribution in [1.82, 2.24) is 4.98 Å². The maximum Gasteiger partial charge on any atom is 0.336 e. The van der Waals surface area contributed by atoms with E-state index < -0.39 is 5.97 Å². The summed E-state index contributed by atoms with van der Waals surface area (Å²) in [4.78, 5) is 16.8. The highest BCUT2D eigenvalue weighted by atomic mass is 79.9. The number of fused-ring (bicyclic) bond motifs is 1. The van der Waals surface area contributed by atoms with E-state index in [1.807, 2.05) is 42.5 Å². The first-order valence-electron chi connectivity index (χ1n) is 6.20. The minimum Gasteiger partial charge on any atom is -0.478 e. The van der Waals surface area contributed by atoms with Crippen molar-refractivity contribution in [3.8, 4) is 0 Å². The number of nitrogens with zero attached hydrogens (tertiary/aromatic N) is 1. The number of halogens is 1. The van der Waals surface area contributed by atoms with E-state index in [9.17, 15) is 9.90 Å². The Morgan fingerprint density at radius 2 is 1.90 bits per heavy atom. The zero-order valence-electron chi connectivity index (χ0n) is 10.8. The molecule has 0 radical (unpaired) electrons. The standard InChI is InChI=1S/C16H10BrNO2S/c17-10-3-1-4-11(9-10)21-15-8-7-12-13(16(19)20)5-2-6-14(12)18-15/h1-9H,(H,19,20). The van der Waals surface area contributed by atoms with Crippen LogP contribution in [0.5, 0.6) is 0 Å². The molecule has 0 aliphatic rings. The average Bonchev–Trinajstić information content (AvgIpc) is 2.46. The van der Waals surface area contributed by atoms with Crippen LogP contribution in [-0.4, -0.2) is 16.1 Å². The summed E-state index contributed by atoms with van der Waals surface area (Å²) in [5, 5.41) is 10.7. The molecule has 0 amide bonds. The third-order valence-corrected chi connectivity index (χ3v) is 4.37. The van der Waals surface area contributed by atoms with Gasteiger partial charge < -0.3 is 5.11 Å². The Morgan fingerprint density at radius 3 is 2.67 bits per heavy atom. The van der Waals surface area contributed by atoms with E-state index in [2.05, 4.69) is 20.9 Å². The number of benzene rings is 2. The summed E-state index contributed by atoms with van der Waals surface area (Å²) < 4.78 is 1.02. The van der Waals surface area contributed by atoms with E-state index in [1.54, 1.807) is 23.9 Å². The monoisotopic (exact) mass is 359 g/mol. The lowest BCUT2D eigenvalue weighted by Gasteiger charge is -2.05. The number of rotatable bonds is 3. The van der Waals surface area contributed by atoms with Crippen molar-refractivity contribution in [2.75, 3.05) is 0 Å². The van der Waals surface area contributed by atoms with Crippen molar-refractivity contribution in [3.05, 3.63) is 64.6 Å². The Labute approximate surface area is 134 Å². The van der Waals surface area contributed by atoms with Crippen molar-refractivity contribution >= 4 is 44.6 Å². The predicted octanol–water partition coefficient (Wildman–Crippen LogP) is 4.85. The molecule has 0 fully saturated rings. The van der Waals surface area contributed by atoms with E-state index >= 15 is 0 Å². The van der Waals surface area contributed by atoms with Gasteiger partial charge in [0.1, 0.15) is 5.03 Å². The minimum atomic E-state index is -0.935. The van der Waals surface area contributed by atoms with Crippen LogP contribution in [0.3, 0.4) is 0 Å². The predicted molar refractivity (Wildman–Crippen MR) is 87.0 cm³/mol. The second-order valence-electron chi connectivity index (χ2n) is 4.39. The van der Waals surface area contributed by atoms with Crippen LogP contribution in [0.15, 0.2) is 69.0 Å². The normalized spacial score (nSPS) is 10.7. The number of carboxylic acid groups (broad SMARTS) is 1. The fourth-order valence-corrected chi connectivity index (χ4v) is 3.44. The molecule has 1 N–H and O–H groups in total. The molecule has 0 saturated heterocycles. The van der Waals surface area contributed by atoms with Gasteiger partial charge in [-0.1, -0.05) is 39.8 Å². The molecule has 0 bridgehead atoms. The van der Waals surface area contributed by atoms with Gasteiger partial charge in [0.15, 0.2) is 0 Å². The summed E-state index contributed by atoms with van der Waals surface area (Å²) in [7, 11) is 0. The summed E-state index contributed by atoms with van der Waals surface area (Å²) in [5.41, 5.74) is 0.967. The summed E-state index contributed by atoms with van der Waals surface area (Å²) in [6.45, 7) is 0. The topological polar surface area (TPSA) is 50.2 Å². The van der Waals surface area contributed by atoms with Gasteiger partial charge in [0.05, 0.1) is 11.1 Å². The third kappa shape index (κ3) is 3.09. The lowest BCUT2D eigenvalue weighted by Crippen LogP contribution is -1.97. The van der Waals surface area contributed by atoms with E-state index in [-0.39, 0.29) is 5.56 Å². The molecule has 3 nitrogen and oxygen atoms in total. The molecule has 0 saturated carbocycles. The van der Waals surface area contributed by atoms with Gasteiger partial charge in [-0.2, -0.15) is 0 Å². The maximum atomic E-state index is 11.2. The second-order valence-corrected chi connectivity index (χ2v) is 6.40. The molecule has 5 heteroatoms. The first-order chi connectivity index (χ1) is 10.1. The summed E-state index contributed by atoms with van der Waals surface area (Å²) in [6, 6.07) is 16.8. The van der Waals surface area contributed by atoms with Gasteiger partial charge in [0.25, 0.3) is 0 Å². The molecule has 1 aromatic heterocycles. The molecular weight excluding hydrogens is 350 g/mol. The quantitative estimate of drug-likeness (QED) is 0.726. The van der Waals surface area contributed by atoms with Gasteiger partial charge in [-0.15, -0.1) is 0 Å². The largest absolute Gasteiger partial charge is 0.478 e. The van der Waals surface area contributed by atoms with Crippen molar-refractivity contribution < 1.29 is 9.90 Å². The van der Waals surface area contributed by atoms with Gasteiger partial charge in [0, 0.05) is 14.8 Å². The number of carboxylic acids is 1. The van der Waals surface area contributed by atoms with Crippen molar-refractivity contribution in [2.24, 2.45) is 0 Å². The number of aromatic nitrogens is 1. The minimum absolute atomic E-state index is 0.277. The van der Waals surface area contributed by atoms with Crippen LogP contribution < -0.4 is 0 Å². The fraction of sp³-hybridized carbons (Fsp3) is 0. The van der Waals surface area contributed by atoms with Crippen LogP contribution >= 0.6 is 27.7 Å². The van der Waals surface area contributed by atoms with Gasteiger partial charge in [-0.25, -0.2) is 9.78 Å². The number of carbonyl (C=O) groups is 1. The van der Waals surface area contributed by atoms with Crippen LogP contribution in [0.4, 0.5) is 0 Å². The van der Waals surface area contributed by atoms with E-state index in [4.69, 9.17) is 0 Å². The number of hydrogen-bond acceptors (Lipinski definition) is 3. The highest BCUT2D eigenvalue weighted by Gasteiger charge is 2.09. The van der Waals surface area contributed by atoms with Crippen LogP contribution in [0, 0.1) is 0 Å². The second kappa shape index (κ2) is 5.87. The molecule has 0 aliphatic heterocycles. The third-order valence-electron chi connectivity index (χ3n) is 2.96.